The lowest BCUT2D eigenvalue weighted by molar-refractivity contribution is -0.0228. The Hall–Kier alpha value is -1.73. The number of H-pyrrole nitrogens is 1. The van der Waals surface area contributed by atoms with Crippen molar-refractivity contribution >= 4 is 37.9 Å². The Morgan fingerprint density at radius 2 is 2.25 bits per heavy atom. The summed E-state index contributed by atoms with van der Waals surface area (Å²) in [6.07, 6.45) is 1.56. The summed E-state index contributed by atoms with van der Waals surface area (Å²) in [4.78, 5) is 19.1. The summed E-state index contributed by atoms with van der Waals surface area (Å²) in [5.41, 5.74) is 1.72. The zero-order chi connectivity index (χ0) is 13.9. The van der Waals surface area contributed by atoms with Gasteiger partial charge in [-0.05, 0) is 22.0 Å². The molecule has 1 fully saturated rings. The van der Waals surface area contributed by atoms with E-state index in [1.807, 2.05) is 0 Å². The molecule has 3 heterocycles. The highest BCUT2D eigenvalue weighted by molar-refractivity contribution is 9.10. The Balaban J connectivity index is 2.16. The summed E-state index contributed by atoms with van der Waals surface area (Å²) in [5.74, 6) is -0.374. The van der Waals surface area contributed by atoms with Crippen molar-refractivity contribution in [3.63, 3.8) is 0 Å². The van der Waals surface area contributed by atoms with Crippen LogP contribution >= 0.6 is 15.9 Å². The van der Waals surface area contributed by atoms with Crippen molar-refractivity contribution in [2.75, 3.05) is 13.2 Å². The number of nitrogens with zero attached hydrogens (tertiary/aromatic N) is 2. The van der Waals surface area contributed by atoms with Crippen LogP contribution in [0.4, 0.5) is 4.39 Å². The number of pyridine rings is 1. The molecule has 20 heavy (non-hydrogen) atoms. The number of aromatic nitrogens is 3. The molecule has 1 aliphatic rings. The number of imidazole rings is 1. The average Bonchev–Trinajstić information content (AvgIpc) is 2.67. The van der Waals surface area contributed by atoms with E-state index in [-0.39, 0.29) is 17.5 Å². The largest absolute Gasteiger partial charge is 0.377 e. The predicted molar refractivity (Wildman–Crippen MR) is 75.4 cm³/mol. The summed E-state index contributed by atoms with van der Waals surface area (Å²) in [7, 11) is 0. The van der Waals surface area contributed by atoms with E-state index in [0.717, 1.165) is 10.9 Å². The zero-order valence-corrected chi connectivity index (χ0v) is 11.8. The minimum absolute atomic E-state index is 0.0191. The van der Waals surface area contributed by atoms with Gasteiger partial charge in [0.15, 0.2) is 0 Å². The van der Waals surface area contributed by atoms with Gasteiger partial charge < -0.3 is 9.72 Å². The van der Waals surface area contributed by atoms with Crippen LogP contribution in [0, 0.1) is 5.82 Å². The maximum Gasteiger partial charge on any atom is 0.326 e. The molecule has 2 aromatic heterocycles. The molecule has 7 heteroatoms. The Kier molecular flexibility index (Phi) is 2.49. The number of benzene rings is 1. The van der Waals surface area contributed by atoms with Gasteiger partial charge in [-0.15, -0.1) is 0 Å². The van der Waals surface area contributed by atoms with Crippen LogP contribution in [0.3, 0.4) is 0 Å². The fourth-order valence-electron chi connectivity index (χ4n) is 2.52. The first-order chi connectivity index (χ1) is 9.65. The van der Waals surface area contributed by atoms with E-state index >= 15 is 0 Å². The van der Waals surface area contributed by atoms with Gasteiger partial charge in [-0.25, -0.2) is 9.18 Å². The summed E-state index contributed by atoms with van der Waals surface area (Å²) in [6.45, 7) is 1.03. The van der Waals surface area contributed by atoms with Crippen LogP contribution in [0.25, 0.3) is 21.9 Å². The number of ether oxygens (including phenoxy) is 1. The standard InChI is InChI=1S/C13H9BrFN3O2/c14-8-1-7-10(2-9(8)15)16-3-11-12(7)18(13(19)17-11)6-4-20-5-6/h1-3,6H,4-5H2,(H,17,19). The number of nitrogens with one attached hydrogen (secondary N) is 1. The molecule has 1 aliphatic heterocycles. The Bertz CT molecular complexity index is 898. The van der Waals surface area contributed by atoms with Crippen molar-refractivity contribution < 1.29 is 9.13 Å². The molecule has 1 aromatic carbocycles. The van der Waals surface area contributed by atoms with Gasteiger partial charge in [-0.2, -0.15) is 0 Å². The van der Waals surface area contributed by atoms with Crippen LogP contribution in [0.5, 0.6) is 0 Å². The zero-order valence-electron chi connectivity index (χ0n) is 10.2. The molecule has 0 spiro atoms. The van der Waals surface area contributed by atoms with Crippen LogP contribution in [0.1, 0.15) is 6.04 Å². The molecular formula is C13H9BrFN3O2. The van der Waals surface area contributed by atoms with E-state index in [1.165, 1.54) is 6.07 Å². The third-order valence-electron chi connectivity index (χ3n) is 3.57. The van der Waals surface area contributed by atoms with Crippen molar-refractivity contribution in [2.45, 2.75) is 6.04 Å². The van der Waals surface area contributed by atoms with Gasteiger partial charge in [0.1, 0.15) is 5.82 Å². The SMILES string of the molecule is O=c1[nH]c2cnc3cc(F)c(Br)cc3c2n1C1COC1. The van der Waals surface area contributed by atoms with Gasteiger partial charge in [0.2, 0.25) is 0 Å². The predicted octanol–water partition coefficient (Wildman–Crippen LogP) is 2.35. The summed E-state index contributed by atoms with van der Waals surface area (Å²) in [5, 5.41) is 0.737. The number of fused-ring (bicyclic) bond motifs is 3. The average molecular weight is 338 g/mol. The quantitative estimate of drug-likeness (QED) is 0.741. The minimum atomic E-state index is -0.374. The molecule has 1 N–H and O–H groups in total. The highest BCUT2D eigenvalue weighted by atomic mass is 79.9. The van der Waals surface area contributed by atoms with Crippen molar-refractivity contribution in [3.05, 3.63) is 39.1 Å². The van der Waals surface area contributed by atoms with Crippen LogP contribution < -0.4 is 5.69 Å². The molecule has 0 radical (unpaired) electrons. The van der Waals surface area contributed by atoms with E-state index in [0.29, 0.717) is 28.7 Å². The Morgan fingerprint density at radius 1 is 1.45 bits per heavy atom. The van der Waals surface area contributed by atoms with E-state index in [4.69, 9.17) is 4.74 Å². The minimum Gasteiger partial charge on any atom is -0.377 e. The van der Waals surface area contributed by atoms with Gasteiger partial charge in [-0.1, -0.05) is 0 Å². The first-order valence-electron chi connectivity index (χ1n) is 6.11. The molecule has 0 bridgehead atoms. The van der Waals surface area contributed by atoms with Crippen molar-refractivity contribution in [1.82, 2.24) is 14.5 Å². The molecular weight excluding hydrogens is 329 g/mol. The fraction of sp³-hybridized carbons (Fsp3) is 0.231. The maximum atomic E-state index is 13.6. The molecule has 0 atom stereocenters. The smallest absolute Gasteiger partial charge is 0.326 e. The Labute approximate surface area is 120 Å². The second kappa shape index (κ2) is 4.13. The molecule has 102 valence electrons. The van der Waals surface area contributed by atoms with Crippen LogP contribution in [0.2, 0.25) is 0 Å². The molecule has 4 rings (SSSR count). The molecule has 0 unspecified atom stereocenters. The third kappa shape index (κ3) is 1.56. The summed E-state index contributed by atoms with van der Waals surface area (Å²) >= 11 is 3.18. The maximum absolute atomic E-state index is 13.6. The third-order valence-corrected chi connectivity index (χ3v) is 4.18. The Morgan fingerprint density at radius 3 is 2.95 bits per heavy atom. The molecule has 3 aromatic rings. The van der Waals surface area contributed by atoms with E-state index < -0.39 is 0 Å². The normalized spacial score (nSPS) is 15.9. The van der Waals surface area contributed by atoms with Crippen LogP contribution in [-0.4, -0.2) is 27.7 Å². The highest BCUT2D eigenvalue weighted by Crippen LogP contribution is 2.29. The van der Waals surface area contributed by atoms with E-state index in [2.05, 4.69) is 25.9 Å². The first-order valence-corrected chi connectivity index (χ1v) is 6.90. The molecule has 5 nitrogen and oxygen atoms in total. The second-order valence-electron chi connectivity index (χ2n) is 4.80. The van der Waals surface area contributed by atoms with Gasteiger partial charge in [0.25, 0.3) is 0 Å². The fourth-order valence-corrected chi connectivity index (χ4v) is 2.87. The van der Waals surface area contributed by atoms with Crippen LogP contribution in [0.15, 0.2) is 27.6 Å². The number of rotatable bonds is 1. The summed E-state index contributed by atoms with van der Waals surface area (Å²) in [6, 6.07) is 3.03. The van der Waals surface area contributed by atoms with Gasteiger partial charge >= 0.3 is 5.69 Å². The molecule has 0 saturated carbocycles. The number of hydrogen-bond donors (Lipinski definition) is 1. The lowest BCUT2D eigenvalue weighted by atomic mass is 10.1. The molecule has 0 aliphatic carbocycles. The second-order valence-corrected chi connectivity index (χ2v) is 5.65. The topological polar surface area (TPSA) is 59.9 Å². The lowest BCUT2D eigenvalue weighted by Gasteiger charge is -2.27. The monoisotopic (exact) mass is 337 g/mol. The van der Waals surface area contributed by atoms with Crippen molar-refractivity contribution in [3.8, 4) is 0 Å². The lowest BCUT2D eigenvalue weighted by Crippen LogP contribution is -2.36. The van der Waals surface area contributed by atoms with E-state index in [9.17, 15) is 9.18 Å². The van der Waals surface area contributed by atoms with Crippen LogP contribution in [-0.2, 0) is 4.74 Å². The molecule has 1 saturated heterocycles. The first kappa shape index (κ1) is 12.0. The number of halogens is 2. The summed E-state index contributed by atoms with van der Waals surface area (Å²) < 4.78 is 20.8. The highest BCUT2D eigenvalue weighted by Gasteiger charge is 2.25. The number of aromatic amines is 1. The van der Waals surface area contributed by atoms with Gasteiger partial charge in [-0.3, -0.25) is 9.55 Å². The molecule has 0 amide bonds. The number of hydrogen-bond acceptors (Lipinski definition) is 3. The van der Waals surface area contributed by atoms with E-state index in [1.54, 1.807) is 16.8 Å². The van der Waals surface area contributed by atoms with Crippen molar-refractivity contribution in [1.29, 1.82) is 0 Å². The van der Waals surface area contributed by atoms with Gasteiger partial charge in [0.05, 0.1) is 46.5 Å². The van der Waals surface area contributed by atoms with Crippen molar-refractivity contribution in [2.24, 2.45) is 0 Å². The van der Waals surface area contributed by atoms with Gasteiger partial charge in [0, 0.05) is 11.5 Å².